The van der Waals surface area contributed by atoms with Crippen molar-refractivity contribution in [3.8, 4) is 5.69 Å². The van der Waals surface area contributed by atoms with Gasteiger partial charge in [-0.25, -0.2) is 9.67 Å². The summed E-state index contributed by atoms with van der Waals surface area (Å²) >= 11 is 0. The maximum absolute atomic E-state index is 12.9. The van der Waals surface area contributed by atoms with Gasteiger partial charge in [0.15, 0.2) is 0 Å². The molecule has 1 heterocycles. The number of anilines is 1. The number of carbonyl (C=O) groups excluding carboxylic acids is 1. The first-order valence-electron chi connectivity index (χ1n) is 9.62. The van der Waals surface area contributed by atoms with Crippen LogP contribution in [0.2, 0.25) is 0 Å². The van der Waals surface area contributed by atoms with Crippen LogP contribution in [0.15, 0.2) is 61.2 Å². The summed E-state index contributed by atoms with van der Waals surface area (Å²) in [5.41, 5.74) is 3.85. The minimum Gasteiger partial charge on any atom is -0.372 e. The molecule has 3 aromatic rings. The molecule has 1 amide bonds. The van der Waals surface area contributed by atoms with E-state index in [-0.39, 0.29) is 11.9 Å². The van der Waals surface area contributed by atoms with Crippen molar-refractivity contribution in [2.24, 2.45) is 0 Å². The van der Waals surface area contributed by atoms with E-state index in [1.165, 1.54) is 6.33 Å². The number of amides is 1. The van der Waals surface area contributed by atoms with Crippen molar-refractivity contribution in [1.82, 2.24) is 19.7 Å². The normalized spacial score (nSPS) is 11.9. The lowest BCUT2D eigenvalue weighted by Gasteiger charge is -2.26. The van der Waals surface area contributed by atoms with Gasteiger partial charge in [0.05, 0.1) is 11.7 Å². The van der Waals surface area contributed by atoms with Crippen LogP contribution in [0.1, 0.15) is 42.7 Å². The minimum absolute atomic E-state index is 0.0129. The highest BCUT2D eigenvalue weighted by Crippen LogP contribution is 2.23. The summed E-state index contributed by atoms with van der Waals surface area (Å²) in [6.07, 6.45) is 3.17. The highest BCUT2D eigenvalue weighted by Gasteiger charge is 2.19. The first-order chi connectivity index (χ1) is 13.5. The molecule has 0 spiro atoms. The van der Waals surface area contributed by atoms with Gasteiger partial charge in [-0.1, -0.05) is 12.1 Å². The van der Waals surface area contributed by atoms with Crippen LogP contribution in [-0.2, 0) is 0 Å². The lowest BCUT2D eigenvalue weighted by atomic mass is 10.1. The molecular weight excluding hydrogens is 350 g/mol. The number of hydrogen-bond donors (Lipinski definition) is 0. The van der Waals surface area contributed by atoms with Crippen molar-refractivity contribution in [2.45, 2.75) is 26.8 Å². The van der Waals surface area contributed by atoms with Crippen LogP contribution in [0, 0.1) is 0 Å². The Morgan fingerprint density at radius 2 is 1.68 bits per heavy atom. The zero-order chi connectivity index (χ0) is 20.1. The smallest absolute Gasteiger partial charge is 0.254 e. The summed E-state index contributed by atoms with van der Waals surface area (Å²) in [6.45, 7) is 8.20. The monoisotopic (exact) mass is 377 g/mol. The zero-order valence-electron chi connectivity index (χ0n) is 16.9. The molecule has 0 saturated carbocycles. The molecule has 0 aliphatic rings. The molecule has 0 radical (unpaired) electrons. The Labute approximate surface area is 166 Å². The van der Waals surface area contributed by atoms with Gasteiger partial charge in [-0.2, -0.15) is 5.10 Å². The van der Waals surface area contributed by atoms with Crippen molar-refractivity contribution in [3.63, 3.8) is 0 Å². The van der Waals surface area contributed by atoms with Gasteiger partial charge in [0, 0.05) is 31.4 Å². The molecule has 0 fully saturated rings. The predicted molar refractivity (Wildman–Crippen MR) is 112 cm³/mol. The SMILES string of the molecule is CCN(CC)c1ccc(C(=O)N(C)C(C)c2ccc(-n3cncn3)cc2)cc1. The zero-order valence-corrected chi connectivity index (χ0v) is 16.9. The van der Waals surface area contributed by atoms with E-state index < -0.39 is 0 Å². The molecular formula is C22H27N5O. The van der Waals surface area contributed by atoms with Crippen molar-refractivity contribution >= 4 is 11.6 Å². The van der Waals surface area contributed by atoms with Gasteiger partial charge in [-0.15, -0.1) is 0 Å². The van der Waals surface area contributed by atoms with Gasteiger partial charge in [-0.05, 0) is 62.7 Å². The second kappa shape index (κ2) is 8.69. The molecule has 0 saturated heterocycles. The lowest BCUT2D eigenvalue weighted by molar-refractivity contribution is 0.0742. The molecule has 28 heavy (non-hydrogen) atoms. The fourth-order valence-corrected chi connectivity index (χ4v) is 3.25. The van der Waals surface area contributed by atoms with E-state index in [9.17, 15) is 4.79 Å². The third-order valence-electron chi connectivity index (χ3n) is 5.20. The molecule has 146 valence electrons. The molecule has 0 bridgehead atoms. The second-order valence-electron chi connectivity index (χ2n) is 6.74. The van der Waals surface area contributed by atoms with E-state index in [1.54, 1.807) is 15.9 Å². The van der Waals surface area contributed by atoms with Gasteiger partial charge in [-0.3, -0.25) is 4.79 Å². The third kappa shape index (κ3) is 4.06. The fourth-order valence-electron chi connectivity index (χ4n) is 3.25. The Morgan fingerprint density at radius 1 is 1.04 bits per heavy atom. The molecule has 2 aromatic carbocycles. The quantitative estimate of drug-likeness (QED) is 0.626. The summed E-state index contributed by atoms with van der Waals surface area (Å²) in [5, 5.41) is 4.13. The Balaban J connectivity index is 1.71. The largest absolute Gasteiger partial charge is 0.372 e. The molecule has 1 aromatic heterocycles. The van der Waals surface area contributed by atoms with Crippen LogP contribution in [0.3, 0.4) is 0 Å². The minimum atomic E-state index is -0.0419. The Hall–Kier alpha value is -3.15. The molecule has 0 N–H and O–H groups in total. The average Bonchev–Trinajstić information content (AvgIpc) is 3.28. The van der Waals surface area contributed by atoms with Crippen LogP contribution in [0.5, 0.6) is 0 Å². The Bertz CT molecular complexity index is 884. The van der Waals surface area contributed by atoms with Gasteiger partial charge < -0.3 is 9.80 Å². The van der Waals surface area contributed by atoms with Gasteiger partial charge in [0.2, 0.25) is 0 Å². The average molecular weight is 377 g/mol. The second-order valence-corrected chi connectivity index (χ2v) is 6.74. The summed E-state index contributed by atoms with van der Waals surface area (Å²) < 4.78 is 1.71. The van der Waals surface area contributed by atoms with E-state index in [1.807, 2.05) is 62.5 Å². The molecule has 6 nitrogen and oxygen atoms in total. The van der Waals surface area contributed by atoms with E-state index in [2.05, 4.69) is 28.8 Å². The summed E-state index contributed by atoms with van der Waals surface area (Å²) in [5.74, 6) is 0.0129. The van der Waals surface area contributed by atoms with Crippen LogP contribution >= 0.6 is 0 Å². The van der Waals surface area contributed by atoms with Crippen molar-refractivity contribution in [1.29, 1.82) is 0 Å². The summed E-state index contributed by atoms with van der Waals surface area (Å²) in [4.78, 5) is 20.9. The molecule has 1 unspecified atom stereocenters. The first kappa shape index (κ1) is 19.6. The van der Waals surface area contributed by atoms with Crippen molar-refractivity contribution in [3.05, 3.63) is 72.3 Å². The Morgan fingerprint density at radius 3 is 2.21 bits per heavy atom. The van der Waals surface area contributed by atoms with E-state index in [0.29, 0.717) is 5.56 Å². The van der Waals surface area contributed by atoms with Crippen LogP contribution in [-0.4, -0.2) is 45.7 Å². The van der Waals surface area contributed by atoms with Crippen LogP contribution in [0.4, 0.5) is 5.69 Å². The van der Waals surface area contributed by atoms with Crippen molar-refractivity contribution in [2.75, 3.05) is 25.0 Å². The first-order valence-corrected chi connectivity index (χ1v) is 9.62. The molecule has 0 aliphatic heterocycles. The highest BCUT2D eigenvalue weighted by molar-refractivity contribution is 5.94. The summed E-state index contributed by atoms with van der Waals surface area (Å²) in [7, 11) is 1.84. The van der Waals surface area contributed by atoms with E-state index in [4.69, 9.17) is 0 Å². The highest BCUT2D eigenvalue weighted by atomic mass is 16.2. The predicted octanol–water partition coefficient (Wildman–Crippen LogP) is 3.95. The number of nitrogens with zero attached hydrogens (tertiary/aromatic N) is 5. The lowest BCUT2D eigenvalue weighted by Crippen LogP contribution is -2.29. The molecule has 1 atom stereocenters. The van der Waals surface area contributed by atoms with E-state index >= 15 is 0 Å². The van der Waals surface area contributed by atoms with Gasteiger partial charge >= 0.3 is 0 Å². The molecule has 0 aliphatic carbocycles. The fraction of sp³-hybridized carbons (Fsp3) is 0.318. The van der Waals surface area contributed by atoms with Gasteiger partial charge in [0.1, 0.15) is 12.7 Å². The molecule has 3 rings (SSSR count). The van der Waals surface area contributed by atoms with Crippen LogP contribution in [0.25, 0.3) is 5.69 Å². The number of hydrogen-bond acceptors (Lipinski definition) is 4. The summed E-state index contributed by atoms with van der Waals surface area (Å²) in [6, 6.07) is 15.8. The Kier molecular flexibility index (Phi) is 6.09. The molecule has 6 heteroatoms. The number of rotatable bonds is 7. The maximum Gasteiger partial charge on any atom is 0.254 e. The topological polar surface area (TPSA) is 54.3 Å². The van der Waals surface area contributed by atoms with Crippen molar-refractivity contribution < 1.29 is 4.79 Å². The van der Waals surface area contributed by atoms with Gasteiger partial charge in [0.25, 0.3) is 5.91 Å². The number of carbonyl (C=O) groups is 1. The third-order valence-corrected chi connectivity index (χ3v) is 5.20. The number of aromatic nitrogens is 3. The van der Waals surface area contributed by atoms with E-state index in [0.717, 1.165) is 30.0 Å². The van der Waals surface area contributed by atoms with Crippen LogP contribution < -0.4 is 4.90 Å². The standard InChI is InChI=1S/C22H27N5O/c1-5-26(6-2)20-11-9-19(10-12-20)22(28)25(4)17(3)18-7-13-21(14-8-18)27-16-23-15-24-27/h7-17H,5-6H2,1-4H3. The number of benzene rings is 2. The maximum atomic E-state index is 12.9.